The number of nitrogens with two attached hydrogens (primary N) is 1. The molecule has 0 saturated carbocycles. The molecule has 3 saturated heterocycles. The molecule has 3 aliphatic rings. The predicted octanol–water partition coefficient (Wildman–Crippen LogP) is 0.811. The fraction of sp³-hybridized carbons (Fsp3) is 0.582. The van der Waals surface area contributed by atoms with Gasteiger partial charge in [0, 0.05) is 87.3 Å². The van der Waals surface area contributed by atoms with Crippen LogP contribution in [0.3, 0.4) is 0 Å². The van der Waals surface area contributed by atoms with Crippen LogP contribution in [0.15, 0.2) is 66.7 Å². The number of methoxy groups -OCH3 is 1. The van der Waals surface area contributed by atoms with Crippen molar-refractivity contribution in [2.45, 2.75) is 198 Å². The van der Waals surface area contributed by atoms with Crippen molar-refractivity contribution >= 4 is 58.6 Å². The molecule has 8 amide bonds. The van der Waals surface area contributed by atoms with E-state index >= 15 is 0 Å². The Labute approximate surface area is 563 Å². The number of hydrogen-bond acceptors (Lipinski definition) is 21. The van der Waals surface area contributed by atoms with Crippen LogP contribution in [0, 0.1) is 12.8 Å². The molecule has 3 fully saturated rings. The number of rotatable bonds is 23. The van der Waals surface area contributed by atoms with Gasteiger partial charge in [-0.2, -0.15) is 0 Å². The first kappa shape index (κ1) is 77.3. The maximum Gasteiger partial charge on any atom is 0.251 e. The average Bonchev–Trinajstić information content (AvgIpc) is 1.62. The Morgan fingerprint density at radius 3 is 1.88 bits per heavy atom. The third-order valence-electron chi connectivity index (χ3n) is 17.2. The summed E-state index contributed by atoms with van der Waals surface area (Å²) in [7, 11) is 1.70. The summed E-state index contributed by atoms with van der Waals surface area (Å²) in [6.07, 6.45) is -7.68. The van der Waals surface area contributed by atoms with Crippen LogP contribution in [-0.4, -0.2) is 239 Å². The van der Waals surface area contributed by atoms with Gasteiger partial charge in [-0.25, -0.2) is 0 Å². The molecule has 3 aromatic carbocycles. The molecule has 4 aromatic rings. The van der Waals surface area contributed by atoms with Crippen molar-refractivity contribution in [1.82, 2.24) is 51.5 Å². The van der Waals surface area contributed by atoms with Gasteiger partial charge < -0.3 is 87.3 Å². The van der Waals surface area contributed by atoms with E-state index in [0.29, 0.717) is 45.4 Å². The minimum absolute atomic E-state index is 0.0223. The number of primary amides is 1. The van der Waals surface area contributed by atoms with Crippen LogP contribution in [0.5, 0.6) is 11.5 Å². The van der Waals surface area contributed by atoms with Crippen LogP contribution in [0.1, 0.15) is 121 Å². The van der Waals surface area contributed by atoms with Gasteiger partial charge in [0.1, 0.15) is 57.8 Å². The summed E-state index contributed by atoms with van der Waals surface area (Å²) in [5, 5.41) is 100. The van der Waals surface area contributed by atoms with Crippen molar-refractivity contribution in [1.29, 1.82) is 0 Å². The smallest absolute Gasteiger partial charge is 0.251 e. The molecule has 0 aliphatic carbocycles. The van der Waals surface area contributed by atoms with Gasteiger partial charge in [0.15, 0.2) is 0 Å². The predicted molar refractivity (Wildman–Crippen MR) is 355 cm³/mol. The largest absolute Gasteiger partial charge is 0.508 e. The number of aliphatic hydroxyl groups is 6. The van der Waals surface area contributed by atoms with Gasteiger partial charge in [-0.3, -0.25) is 43.3 Å². The fourth-order valence-electron chi connectivity index (χ4n) is 12.0. The number of carbonyl (C=O) groups excluding carboxylic acids is 8. The van der Waals surface area contributed by atoms with Crippen molar-refractivity contribution in [2.24, 2.45) is 11.7 Å². The number of unbranched alkanes of at least 4 members (excludes halogenated alkanes) is 4. The highest BCUT2D eigenvalue weighted by molar-refractivity contribution is 7.17. The molecule has 29 heteroatoms. The van der Waals surface area contributed by atoms with E-state index in [0.717, 1.165) is 73.3 Å². The number of phenolic OH excluding ortho intramolecular Hbond substituents is 1. The lowest BCUT2D eigenvalue weighted by molar-refractivity contribution is -0.147. The van der Waals surface area contributed by atoms with E-state index in [2.05, 4.69) is 76.3 Å². The number of fused-ring (bicyclic) bond motifs is 2. The van der Waals surface area contributed by atoms with Gasteiger partial charge in [0.2, 0.25) is 41.4 Å². The zero-order valence-corrected chi connectivity index (χ0v) is 56.9. The summed E-state index contributed by atoms with van der Waals surface area (Å²) in [5.41, 5.74) is 7.54. The number of nitrogens with zero attached hydrogens (tertiary/aromatic N) is 5. The van der Waals surface area contributed by atoms with Crippen LogP contribution in [0.25, 0.3) is 21.1 Å². The van der Waals surface area contributed by atoms with Gasteiger partial charge >= 0.3 is 0 Å². The summed E-state index contributed by atoms with van der Waals surface area (Å²) in [6, 6.07) is 7.89. The number of phenols is 1. The van der Waals surface area contributed by atoms with Crippen LogP contribution in [0.2, 0.25) is 0 Å². The number of amides is 8. The van der Waals surface area contributed by atoms with Crippen molar-refractivity contribution < 1.29 is 83.6 Å². The number of hydrogen-bond donors (Lipinski definition) is 13. The Balaban J connectivity index is 0.00000150. The maximum atomic E-state index is 14.6. The SMILES string of the molecule is CCN(C(C)C)C(C)C.COCCCCCCCOc1ccc(-c2nnc(-c3ccc(C(=O)N[C@H]4CC(O)CNC(=O)C5C(O)C(C)CN5C(=O)C(C(O)CC(N)=O)NC(=O)C(C(O)Cc5ccc(O)c(C)c5)NC(=O)C5CC(O)CN5C(=O)C(C(C)O)NC4=O)cc3)s2)cc1. The summed E-state index contributed by atoms with van der Waals surface area (Å²) < 4.78 is 11.0. The van der Waals surface area contributed by atoms with Gasteiger partial charge in [-0.1, -0.05) is 68.7 Å². The van der Waals surface area contributed by atoms with Crippen molar-refractivity contribution in [3.63, 3.8) is 0 Å². The second-order valence-electron chi connectivity index (χ2n) is 25.4. The number of carbonyl (C=O) groups is 8. The summed E-state index contributed by atoms with van der Waals surface area (Å²) in [5.74, 6) is -9.24. The third-order valence-corrected chi connectivity index (χ3v) is 18.3. The van der Waals surface area contributed by atoms with Crippen LogP contribution in [-0.2, 0) is 44.7 Å². The normalized spacial score (nSPS) is 24.1. The van der Waals surface area contributed by atoms with Crippen LogP contribution >= 0.6 is 11.3 Å². The summed E-state index contributed by atoms with van der Waals surface area (Å²) in [6.45, 7) is 16.3. The third kappa shape index (κ3) is 21.4. The first-order valence-electron chi connectivity index (χ1n) is 32.7. The standard InChI is InChI=1S/C59H78N10O17S.C8H19N/c1-30-22-33(10-19-42(30)73)23-43(74)47-54(81)65-48(44(75)26-45(60)76)59(84)69-28-31(2)50(77)49(69)55(82)61-27-37(71)24-40(52(79)63-46(32(3)70)58(83)68-29-38(72)25-41(68)53(80)64-47)62-51(78)34-11-13-35(14-12-34)56-66-67-57(87-56)36-15-17-39(18-16-36)86-21-9-7-5-6-8-20-85-4;1-6-9(7(2)3)8(4)5/h10-19,22,31-32,37-38,40-41,43-44,46-50,70-75,77H,5-9,20-21,23-29H2,1-4H3,(H2,60,76)(H,61,82)(H,62,78)(H,63,79)(H,64,80)(H,65,81);7-8H,6H2,1-5H3/t31?,32?,37?,38?,40-,41?,43?,44?,46?,47?,48?,49?,50?;/m0./s1. The molecule has 14 N–H and O–H groups in total. The molecule has 28 nitrogen and oxygen atoms in total. The van der Waals surface area contributed by atoms with E-state index in [9.17, 15) is 74.1 Å². The number of nitrogens with one attached hydrogen (secondary N) is 5. The molecule has 528 valence electrons. The highest BCUT2D eigenvalue weighted by Crippen LogP contribution is 2.32. The Kier molecular flexibility index (Phi) is 29.4. The van der Waals surface area contributed by atoms with Crippen molar-refractivity contribution in [2.75, 3.05) is 46.5 Å². The fourth-order valence-corrected chi connectivity index (χ4v) is 12.9. The first-order valence-corrected chi connectivity index (χ1v) is 33.5. The molecule has 7 rings (SSSR count). The molecule has 0 spiro atoms. The maximum absolute atomic E-state index is 14.6. The first-order chi connectivity index (χ1) is 45.5. The molecule has 4 heterocycles. The van der Waals surface area contributed by atoms with E-state index in [4.69, 9.17) is 15.2 Å². The molecule has 13 atom stereocenters. The van der Waals surface area contributed by atoms with E-state index in [-0.39, 0.29) is 17.9 Å². The lowest BCUT2D eigenvalue weighted by atomic mass is 9.98. The van der Waals surface area contributed by atoms with Crippen molar-refractivity contribution in [3.8, 4) is 32.6 Å². The van der Waals surface area contributed by atoms with E-state index < -0.39 is 165 Å². The number of aromatic nitrogens is 2. The molecular formula is C67H97N11O17S. The number of benzene rings is 3. The topological polar surface area (TPSA) is 418 Å². The van der Waals surface area contributed by atoms with Gasteiger partial charge in [-0.05, 0) is 115 Å². The van der Waals surface area contributed by atoms with E-state index in [1.54, 1.807) is 26.2 Å². The van der Waals surface area contributed by atoms with Crippen molar-refractivity contribution in [3.05, 3.63) is 83.4 Å². The molecule has 0 bridgehead atoms. The lowest BCUT2D eigenvalue weighted by Crippen LogP contribution is -2.64. The quantitative estimate of drug-likeness (QED) is 0.0457. The van der Waals surface area contributed by atoms with Gasteiger partial charge in [-0.15, -0.1) is 10.2 Å². The Bertz CT molecular complexity index is 3240. The molecule has 96 heavy (non-hydrogen) atoms. The van der Waals surface area contributed by atoms with Crippen LogP contribution in [0.4, 0.5) is 0 Å². The zero-order chi connectivity index (χ0) is 70.7. The monoisotopic (exact) mass is 1360 g/mol. The summed E-state index contributed by atoms with van der Waals surface area (Å²) in [4.78, 5) is 117. The number of aryl methyl sites for hydroxylation is 1. The Morgan fingerprint density at radius 2 is 1.30 bits per heavy atom. The molecular weight excluding hydrogens is 1260 g/mol. The van der Waals surface area contributed by atoms with Gasteiger partial charge in [0.25, 0.3) is 5.91 Å². The van der Waals surface area contributed by atoms with E-state index in [1.807, 2.05) is 24.3 Å². The highest BCUT2D eigenvalue weighted by atomic mass is 32.1. The average molecular weight is 1360 g/mol. The molecule has 0 radical (unpaired) electrons. The second-order valence-corrected chi connectivity index (χ2v) is 26.4. The summed E-state index contributed by atoms with van der Waals surface area (Å²) >= 11 is 1.30. The molecule has 12 unspecified atom stereocenters. The minimum Gasteiger partial charge on any atom is -0.508 e. The highest BCUT2D eigenvalue weighted by Gasteiger charge is 2.50. The minimum atomic E-state index is -2.15. The number of ether oxygens (including phenoxy) is 2. The van der Waals surface area contributed by atoms with Crippen LogP contribution < -0.4 is 37.1 Å². The number of aliphatic hydroxyl groups excluding tert-OH is 6. The lowest BCUT2D eigenvalue weighted by Gasteiger charge is -2.33. The number of aromatic hydroxyl groups is 1. The zero-order valence-electron chi connectivity index (χ0n) is 56.1. The van der Waals surface area contributed by atoms with E-state index in [1.165, 1.54) is 48.6 Å². The second kappa shape index (κ2) is 36.6. The molecule has 3 aliphatic heterocycles. The Morgan fingerprint density at radius 1 is 0.719 bits per heavy atom. The number of β-amino-alcohol motifs (C(OH)–C–C–N with tert-alkyl or cyclic N) is 1. The molecule has 1 aromatic heterocycles. The Hall–Kier alpha value is -7.74. The van der Waals surface area contributed by atoms with Gasteiger partial charge in [0.05, 0.1) is 49.7 Å².